The molecule has 0 bridgehead atoms. The summed E-state index contributed by atoms with van der Waals surface area (Å²) in [6, 6.07) is 7.19. The van der Waals surface area contributed by atoms with Crippen molar-refractivity contribution in [2.75, 3.05) is 26.2 Å². The first kappa shape index (κ1) is 24.3. The smallest absolute Gasteiger partial charge is 0.425 e. The van der Waals surface area contributed by atoms with E-state index in [9.17, 15) is 18.0 Å². The van der Waals surface area contributed by atoms with Gasteiger partial charge in [-0.1, -0.05) is 18.2 Å². The van der Waals surface area contributed by atoms with Gasteiger partial charge in [-0.05, 0) is 76.1 Å². The van der Waals surface area contributed by atoms with Crippen LogP contribution in [0.4, 0.5) is 18.0 Å². The molecule has 0 saturated carbocycles. The van der Waals surface area contributed by atoms with Crippen molar-refractivity contribution in [1.82, 2.24) is 14.7 Å². The SMILES string of the molecule is CC(C)N1CCc2cccc(CN3CCCC34CCN(C(=O)OC(C)C(F)(F)F)CC4)c2C1. The lowest BCUT2D eigenvalue weighted by molar-refractivity contribution is -0.200. The summed E-state index contributed by atoms with van der Waals surface area (Å²) in [5.74, 6) is 0. The average molecular weight is 468 g/mol. The molecule has 5 nitrogen and oxygen atoms in total. The molecule has 1 aromatic rings. The molecule has 1 unspecified atom stereocenters. The Labute approximate surface area is 194 Å². The van der Waals surface area contributed by atoms with Gasteiger partial charge in [-0.3, -0.25) is 9.80 Å². The number of likely N-dealkylation sites (tertiary alicyclic amines) is 2. The molecule has 3 aliphatic rings. The Hall–Kier alpha value is -1.80. The van der Waals surface area contributed by atoms with Gasteiger partial charge in [0, 0.05) is 44.3 Å². The maximum absolute atomic E-state index is 12.8. The summed E-state index contributed by atoms with van der Waals surface area (Å²) in [6.07, 6.45) is -2.66. The second kappa shape index (κ2) is 9.45. The van der Waals surface area contributed by atoms with Crippen molar-refractivity contribution >= 4 is 6.09 Å². The van der Waals surface area contributed by atoms with Gasteiger partial charge in [0.15, 0.2) is 6.10 Å². The summed E-state index contributed by atoms with van der Waals surface area (Å²) in [4.78, 5) is 18.8. The third-order valence-electron chi connectivity index (χ3n) is 7.92. The molecular weight excluding hydrogens is 431 g/mol. The highest BCUT2D eigenvalue weighted by molar-refractivity contribution is 5.68. The molecule has 184 valence electrons. The van der Waals surface area contributed by atoms with Crippen molar-refractivity contribution in [3.8, 4) is 0 Å². The minimum atomic E-state index is -4.53. The number of halogens is 3. The molecule has 1 aromatic carbocycles. The number of hydrogen-bond acceptors (Lipinski definition) is 4. The zero-order valence-electron chi connectivity index (χ0n) is 20.0. The van der Waals surface area contributed by atoms with Gasteiger partial charge < -0.3 is 9.64 Å². The summed E-state index contributed by atoms with van der Waals surface area (Å²) in [7, 11) is 0. The number of amides is 1. The molecule has 8 heteroatoms. The highest BCUT2D eigenvalue weighted by Gasteiger charge is 2.45. The number of ether oxygens (including phenoxy) is 1. The molecule has 3 heterocycles. The number of nitrogens with zero attached hydrogens (tertiary/aromatic N) is 3. The Morgan fingerprint density at radius 3 is 2.48 bits per heavy atom. The molecule has 2 fully saturated rings. The van der Waals surface area contributed by atoms with Crippen LogP contribution < -0.4 is 0 Å². The van der Waals surface area contributed by atoms with E-state index in [0.717, 1.165) is 65.2 Å². The van der Waals surface area contributed by atoms with Crippen molar-refractivity contribution in [3.05, 3.63) is 34.9 Å². The highest BCUT2D eigenvalue weighted by atomic mass is 19.4. The molecule has 2 saturated heterocycles. The molecule has 0 radical (unpaired) electrons. The van der Waals surface area contributed by atoms with Gasteiger partial charge >= 0.3 is 12.3 Å². The van der Waals surface area contributed by atoms with Gasteiger partial charge in [-0.25, -0.2) is 4.79 Å². The molecule has 33 heavy (non-hydrogen) atoms. The van der Waals surface area contributed by atoms with E-state index in [2.05, 4.69) is 46.6 Å². The lowest BCUT2D eigenvalue weighted by atomic mass is 9.84. The fourth-order valence-corrected chi connectivity index (χ4v) is 5.67. The molecular formula is C25H36F3N3O2. The molecule has 1 spiro atoms. The predicted octanol–water partition coefficient (Wildman–Crippen LogP) is 4.97. The minimum absolute atomic E-state index is 0.0154. The van der Waals surface area contributed by atoms with Crippen LogP contribution in [0.15, 0.2) is 18.2 Å². The van der Waals surface area contributed by atoms with E-state index in [1.165, 1.54) is 21.6 Å². The van der Waals surface area contributed by atoms with Crippen LogP contribution in [0.3, 0.4) is 0 Å². The lowest BCUT2D eigenvalue weighted by Crippen LogP contribution is -2.53. The van der Waals surface area contributed by atoms with Crippen molar-refractivity contribution in [1.29, 1.82) is 0 Å². The molecule has 0 N–H and O–H groups in total. The van der Waals surface area contributed by atoms with Gasteiger partial charge in [-0.2, -0.15) is 13.2 Å². The van der Waals surface area contributed by atoms with Crippen LogP contribution in [0.2, 0.25) is 0 Å². The lowest BCUT2D eigenvalue weighted by Gasteiger charge is -2.45. The van der Waals surface area contributed by atoms with E-state index in [1.54, 1.807) is 0 Å². The molecule has 1 amide bonds. The standard InChI is InChI=1S/C25H36F3N3O2/c1-18(2)30-13-8-20-6-4-7-21(22(20)17-30)16-31-12-5-9-24(31)10-14-29(15-11-24)23(32)33-19(3)25(26,27)28/h4,6-7,18-19H,5,8-17H2,1-3H3. The van der Waals surface area contributed by atoms with Gasteiger partial charge in [0.05, 0.1) is 0 Å². The van der Waals surface area contributed by atoms with Crippen LogP contribution in [0.1, 0.15) is 63.1 Å². The molecule has 3 aliphatic heterocycles. The van der Waals surface area contributed by atoms with E-state index in [4.69, 9.17) is 0 Å². The first-order chi connectivity index (χ1) is 15.6. The number of rotatable bonds is 4. The van der Waals surface area contributed by atoms with Crippen molar-refractivity contribution in [2.45, 2.75) is 89.8 Å². The Kier molecular flexibility index (Phi) is 6.97. The number of carbonyl (C=O) groups is 1. The van der Waals surface area contributed by atoms with Gasteiger partial charge in [0.25, 0.3) is 0 Å². The Balaban J connectivity index is 1.41. The fraction of sp³-hybridized carbons (Fsp3) is 0.720. The topological polar surface area (TPSA) is 36.0 Å². The van der Waals surface area contributed by atoms with E-state index in [1.807, 2.05) is 0 Å². The van der Waals surface area contributed by atoms with E-state index in [0.29, 0.717) is 19.1 Å². The summed E-state index contributed by atoms with van der Waals surface area (Å²) in [5.41, 5.74) is 4.32. The first-order valence-corrected chi connectivity index (χ1v) is 12.2. The maximum Gasteiger partial charge on any atom is 0.425 e. The minimum Gasteiger partial charge on any atom is -0.437 e. The van der Waals surface area contributed by atoms with Crippen molar-refractivity contribution in [2.24, 2.45) is 0 Å². The largest absolute Gasteiger partial charge is 0.437 e. The molecule has 1 atom stereocenters. The highest BCUT2D eigenvalue weighted by Crippen LogP contribution is 2.40. The molecule has 0 aromatic heterocycles. The third kappa shape index (κ3) is 5.16. The van der Waals surface area contributed by atoms with Crippen LogP contribution in [-0.2, 0) is 24.2 Å². The van der Waals surface area contributed by atoms with Crippen molar-refractivity contribution in [3.63, 3.8) is 0 Å². The summed E-state index contributed by atoms with van der Waals surface area (Å²) in [5, 5.41) is 0. The first-order valence-electron chi connectivity index (χ1n) is 12.2. The zero-order chi connectivity index (χ0) is 23.8. The second-order valence-electron chi connectivity index (χ2n) is 10.2. The maximum atomic E-state index is 12.8. The van der Waals surface area contributed by atoms with Crippen LogP contribution in [0.5, 0.6) is 0 Å². The second-order valence-corrected chi connectivity index (χ2v) is 10.2. The monoisotopic (exact) mass is 467 g/mol. The van der Waals surface area contributed by atoms with Crippen molar-refractivity contribution < 1.29 is 22.7 Å². The van der Waals surface area contributed by atoms with Gasteiger partial charge in [0.2, 0.25) is 0 Å². The molecule has 0 aliphatic carbocycles. The normalized spacial score (nSPS) is 22.6. The Morgan fingerprint density at radius 1 is 1.09 bits per heavy atom. The molecule has 4 rings (SSSR count). The Morgan fingerprint density at radius 2 is 1.82 bits per heavy atom. The third-order valence-corrected chi connectivity index (χ3v) is 7.92. The number of hydrogen-bond donors (Lipinski definition) is 0. The number of fused-ring (bicyclic) bond motifs is 1. The Bertz CT molecular complexity index is 850. The van der Waals surface area contributed by atoms with Crippen LogP contribution >= 0.6 is 0 Å². The van der Waals surface area contributed by atoms with Gasteiger partial charge in [0.1, 0.15) is 0 Å². The zero-order valence-corrected chi connectivity index (χ0v) is 20.0. The fourth-order valence-electron chi connectivity index (χ4n) is 5.67. The van der Waals surface area contributed by atoms with Crippen LogP contribution in [0, 0.1) is 0 Å². The predicted molar refractivity (Wildman–Crippen MR) is 121 cm³/mol. The summed E-state index contributed by atoms with van der Waals surface area (Å²) >= 11 is 0. The summed E-state index contributed by atoms with van der Waals surface area (Å²) in [6.45, 7) is 10.2. The number of piperidine rings is 1. The van der Waals surface area contributed by atoms with E-state index >= 15 is 0 Å². The number of benzene rings is 1. The van der Waals surface area contributed by atoms with Crippen LogP contribution in [0.25, 0.3) is 0 Å². The van der Waals surface area contributed by atoms with E-state index in [-0.39, 0.29) is 5.54 Å². The quantitative estimate of drug-likeness (QED) is 0.627. The number of alkyl halides is 3. The summed E-state index contributed by atoms with van der Waals surface area (Å²) < 4.78 is 42.9. The van der Waals surface area contributed by atoms with E-state index < -0.39 is 18.4 Å². The average Bonchev–Trinajstić information content (AvgIpc) is 3.14. The van der Waals surface area contributed by atoms with Crippen LogP contribution in [-0.4, -0.2) is 70.8 Å². The van der Waals surface area contributed by atoms with Gasteiger partial charge in [-0.15, -0.1) is 0 Å². The number of carbonyl (C=O) groups excluding carboxylic acids is 1.